The molecule has 0 spiro atoms. The van der Waals surface area contributed by atoms with Crippen LogP contribution in [0.4, 0.5) is 4.39 Å². The van der Waals surface area contributed by atoms with E-state index in [0.29, 0.717) is 5.56 Å². The first-order valence-electron chi connectivity index (χ1n) is 6.42. The van der Waals surface area contributed by atoms with Crippen LogP contribution < -0.4 is 4.74 Å². The van der Waals surface area contributed by atoms with Gasteiger partial charge < -0.3 is 14.7 Å². The summed E-state index contributed by atoms with van der Waals surface area (Å²) in [7, 11) is 1.40. The van der Waals surface area contributed by atoms with Crippen molar-refractivity contribution in [1.82, 2.24) is 4.90 Å². The molecule has 0 aliphatic heterocycles. The molecule has 5 heteroatoms. The van der Waals surface area contributed by atoms with Gasteiger partial charge in [0.15, 0.2) is 11.6 Å². The summed E-state index contributed by atoms with van der Waals surface area (Å²) in [4.78, 5) is 13.5. The Morgan fingerprint density at radius 3 is 2.70 bits per heavy atom. The molecule has 0 radical (unpaired) electrons. The van der Waals surface area contributed by atoms with Gasteiger partial charge in [-0.25, -0.2) is 4.39 Å². The van der Waals surface area contributed by atoms with Crippen molar-refractivity contribution in [3.05, 3.63) is 35.7 Å². The highest BCUT2D eigenvalue weighted by Gasteiger charge is 2.13. The number of hydrogen-bond donors (Lipinski definition) is 1. The minimum atomic E-state index is -0.474. The van der Waals surface area contributed by atoms with Crippen molar-refractivity contribution in [2.75, 3.05) is 20.3 Å². The van der Waals surface area contributed by atoms with E-state index in [1.807, 2.05) is 13.8 Å². The van der Waals surface area contributed by atoms with Crippen LogP contribution in [0.1, 0.15) is 19.4 Å². The summed E-state index contributed by atoms with van der Waals surface area (Å²) < 4.78 is 18.3. The van der Waals surface area contributed by atoms with Crippen LogP contribution in [0, 0.1) is 5.82 Å². The van der Waals surface area contributed by atoms with Crippen LogP contribution in [0.5, 0.6) is 5.75 Å². The van der Waals surface area contributed by atoms with Crippen LogP contribution in [-0.4, -0.2) is 42.2 Å². The quantitative estimate of drug-likeness (QED) is 0.812. The molecule has 0 aliphatic rings. The van der Waals surface area contributed by atoms with Gasteiger partial charge >= 0.3 is 0 Å². The predicted molar refractivity (Wildman–Crippen MR) is 75.9 cm³/mol. The second-order valence-corrected chi connectivity index (χ2v) is 4.58. The Labute approximate surface area is 118 Å². The van der Waals surface area contributed by atoms with Crippen LogP contribution >= 0.6 is 0 Å². The Kier molecular flexibility index (Phi) is 6.18. The lowest BCUT2D eigenvalue weighted by Gasteiger charge is -2.24. The normalized spacial score (nSPS) is 11.1. The number of rotatable bonds is 6. The van der Waals surface area contributed by atoms with Crippen LogP contribution in [-0.2, 0) is 4.79 Å². The molecule has 20 heavy (non-hydrogen) atoms. The number of amides is 1. The number of ether oxygens (including phenoxy) is 1. The fourth-order valence-corrected chi connectivity index (χ4v) is 1.78. The number of hydrogen-bond acceptors (Lipinski definition) is 3. The molecule has 1 N–H and O–H groups in total. The lowest BCUT2D eigenvalue weighted by Crippen LogP contribution is -2.37. The second kappa shape index (κ2) is 7.65. The van der Waals surface area contributed by atoms with E-state index in [-0.39, 0.29) is 30.9 Å². The zero-order valence-electron chi connectivity index (χ0n) is 12.0. The number of carbonyl (C=O) groups excluding carboxylic acids is 1. The molecule has 1 aromatic rings. The smallest absolute Gasteiger partial charge is 0.246 e. The first-order valence-corrected chi connectivity index (χ1v) is 6.42. The fraction of sp³-hybridized carbons (Fsp3) is 0.400. The highest BCUT2D eigenvalue weighted by atomic mass is 19.1. The Hall–Kier alpha value is -1.88. The summed E-state index contributed by atoms with van der Waals surface area (Å²) in [6.07, 6.45) is 2.91. The number of halogens is 1. The van der Waals surface area contributed by atoms with E-state index in [2.05, 4.69) is 0 Å². The van der Waals surface area contributed by atoms with E-state index < -0.39 is 5.82 Å². The molecule has 0 unspecified atom stereocenters. The van der Waals surface area contributed by atoms with Crippen molar-refractivity contribution in [2.24, 2.45) is 0 Å². The Morgan fingerprint density at radius 1 is 1.50 bits per heavy atom. The van der Waals surface area contributed by atoms with E-state index in [9.17, 15) is 9.18 Å². The van der Waals surface area contributed by atoms with Crippen LogP contribution in [0.15, 0.2) is 24.3 Å². The summed E-state index contributed by atoms with van der Waals surface area (Å²) in [5.74, 6) is -0.527. The molecule has 110 valence electrons. The molecule has 0 saturated carbocycles. The van der Waals surface area contributed by atoms with Gasteiger partial charge in [-0.15, -0.1) is 0 Å². The maximum atomic E-state index is 13.5. The van der Waals surface area contributed by atoms with Crippen LogP contribution in [0.2, 0.25) is 0 Å². The molecule has 0 heterocycles. The summed E-state index contributed by atoms with van der Waals surface area (Å²) >= 11 is 0. The molecule has 1 aromatic carbocycles. The molecule has 4 nitrogen and oxygen atoms in total. The molecular formula is C15H20FNO3. The Balaban J connectivity index is 2.80. The topological polar surface area (TPSA) is 49.8 Å². The number of benzene rings is 1. The van der Waals surface area contributed by atoms with Crippen molar-refractivity contribution in [3.8, 4) is 5.75 Å². The van der Waals surface area contributed by atoms with E-state index in [0.717, 1.165) is 0 Å². The van der Waals surface area contributed by atoms with E-state index in [4.69, 9.17) is 9.84 Å². The number of aliphatic hydroxyl groups is 1. The van der Waals surface area contributed by atoms with Crippen LogP contribution in [0.25, 0.3) is 6.08 Å². The molecular weight excluding hydrogens is 261 g/mol. The van der Waals surface area contributed by atoms with Crippen molar-refractivity contribution < 1.29 is 19.0 Å². The maximum Gasteiger partial charge on any atom is 0.246 e. The van der Waals surface area contributed by atoms with Crippen LogP contribution in [0.3, 0.4) is 0 Å². The van der Waals surface area contributed by atoms with Gasteiger partial charge in [-0.2, -0.15) is 0 Å². The van der Waals surface area contributed by atoms with E-state index >= 15 is 0 Å². The minimum absolute atomic E-state index is 0.00750. The molecule has 0 atom stereocenters. The molecule has 0 aromatic heterocycles. The highest BCUT2D eigenvalue weighted by Crippen LogP contribution is 2.18. The van der Waals surface area contributed by atoms with E-state index in [1.165, 1.54) is 36.3 Å². The lowest BCUT2D eigenvalue weighted by atomic mass is 10.2. The van der Waals surface area contributed by atoms with Crippen molar-refractivity contribution in [1.29, 1.82) is 0 Å². The molecule has 0 fully saturated rings. The third-order valence-electron chi connectivity index (χ3n) is 2.84. The summed E-state index contributed by atoms with van der Waals surface area (Å²) in [6.45, 7) is 3.93. The average molecular weight is 281 g/mol. The second-order valence-electron chi connectivity index (χ2n) is 4.58. The van der Waals surface area contributed by atoms with Gasteiger partial charge in [-0.1, -0.05) is 6.07 Å². The number of aliphatic hydroxyl groups excluding tert-OH is 1. The number of nitrogens with zero attached hydrogens (tertiary/aromatic N) is 1. The fourth-order valence-electron chi connectivity index (χ4n) is 1.78. The predicted octanol–water partition coefficient (Wildman–Crippen LogP) is 2.08. The number of methoxy groups -OCH3 is 1. The van der Waals surface area contributed by atoms with Gasteiger partial charge in [0.2, 0.25) is 5.91 Å². The summed E-state index contributed by atoms with van der Waals surface area (Å²) in [5, 5.41) is 8.93. The standard InChI is InChI=1S/C15H20FNO3/c1-11(2)17(8-9-18)15(19)7-5-12-4-6-14(20-3)13(16)10-12/h4-7,10-11,18H,8-9H2,1-3H3/b7-5+. The average Bonchev–Trinajstić information content (AvgIpc) is 2.42. The van der Waals surface area contributed by atoms with Crippen molar-refractivity contribution in [3.63, 3.8) is 0 Å². The molecule has 1 rings (SSSR count). The summed E-state index contributed by atoms with van der Waals surface area (Å²) in [5.41, 5.74) is 0.573. The SMILES string of the molecule is COc1ccc(/C=C/C(=O)N(CCO)C(C)C)cc1F. The van der Waals surface area contributed by atoms with Gasteiger partial charge in [0, 0.05) is 18.7 Å². The maximum absolute atomic E-state index is 13.5. The van der Waals surface area contributed by atoms with Gasteiger partial charge in [-0.3, -0.25) is 4.79 Å². The van der Waals surface area contributed by atoms with Gasteiger partial charge in [-0.05, 0) is 37.6 Å². The minimum Gasteiger partial charge on any atom is -0.494 e. The van der Waals surface area contributed by atoms with Gasteiger partial charge in [0.05, 0.1) is 13.7 Å². The summed E-state index contributed by atoms with van der Waals surface area (Å²) in [6, 6.07) is 4.46. The molecule has 0 saturated heterocycles. The third-order valence-corrected chi connectivity index (χ3v) is 2.84. The lowest BCUT2D eigenvalue weighted by molar-refractivity contribution is -0.128. The molecule has 0 aliphatic carbocycles. The first kappa shape index (κ1) is 16.2. The Bertz CT molecular complexity index is 486. The largest absolute Gasteiger partial charge is 0.494 e. The van der Waals surface area contributed by atoms with Gasteiger partial charge in [0.1, 0.15) is 0 Å². The zero-order chi connectivity index (χ0) is 15.1. The number of carbonyl (C=O) groups is 1. The Morgan fingerprint density at radius 2 is 2.20 bits per heavy atom. The molecule has 1 amide bonds. The van der Waals surface area contributed by atoms with Gasteiger partial charge in [0.25, 0.3) is 0 Å². The monoisotopic (exact) mass is 281 g/mol. The van der Waals surface area contributed by atoms with Crippen molar-refractivity contribution in [2.45, 2.75) is 19.9 Å². The van der Waals surface area contributed by atoms with E-state index in [1.54, 1.807) is 6.07 Å². The zero-order valence-corrected chi connectivity index (χ0v) is 12.0. The first-order chi connectivity index (χ1) is 9.49. The molecule has 0 bridgehead atoms. The van der Waals surface area contributed by atoms with Crippen molar-refractivity contribution >= 4 is 12.0 Å². The third kappa shape index (κ3) is 4.35. The highest BCUT2D eigenvalue weighted by molar-refractivity contribution is 5.92.